The zero-order valence-electron chi connectivity index (χ0n) is 39.4. The van der Waals surface area contributed by atoms with E-state index in [4.69, 9.17) is 8.83 Å². The van der Waals surface area contributed by atoms with Gasteiger partial charge in [-0.2, -0.15) is 0 Å². The Labute approximate surface area is 417 Å². The maximum absolute atomic E-state index is 13.7. The highest BCUT2D eigenvalue weighted by atomic mass is 32.1. The number of fused-ring (bicyclic) bond motifs is 2. The molecule has 4 amide bonds. The van der Waals surface area contributed by atoms with Gasteiger partial charge < -0.3 is 24.8 Å². The molecule has 0 saturated carbocycles. The predicted molar refractivity (Wildman–Crippen MR) is 279 cm³/mol. The molecule has 11 nitrogen and oxygen atoms in total. The summed E-state index contributed by atoms with van der Waals surface area (Å²) < 4.78 is 39.6. The molecule has 0 unspecified atom stereocenters. The minimum Gasteiger partial charge on any atom is -0.455 e. The van der Waals surface area contributed by atoms with Gasteiger partial charge in [-0.25, -0.2) is 13.8 Å². The minimum absolute atomic E-state index is 0.225. The number of carbonyl (C=O) groups excluding carboxylic acids is 4. The second kappa shape index (κ2) is 21.5. The first-order chi connectivity index (χ1) is 35.0. The lowest BCUT2D eigenvalue weighted by Gasteiger charge is -2.09. The zero-order valence-corrected chi connectivity index (χ0v) is 40.2. The topological polar surface area (TPSA) is 156 Å². The van der Waals surface area contributed by atoms with Crippen LogP contribution in [0, 0.1) is 11.6 Å². The van der Waals surface area contributed by atoms with Crippen LogP contribution in [0.1, 0.15) is 66.9 Å². The number of halogens is 2. The molecule has 0 atom stereocenters. The zero-order chi connectivity index (χ0) is 50.3. The number of benzene rings is 6. The number of thiazole rings is 1. The number of aryl methyl sites for hydroxylation is 1. The van der Waals surface area contributed by atoms with Crippen LogP contribution in [0.25, 0.3) is 66.8 Å². The largest absolute Gasteiger partial charge is 0.455 e. The maximum atomic E-state index is 13.7. The van der Waals surface area contributed by atoms with Crippen molar-refractivity contribution in [2.75, 3.05) is 26.0 Å². The fraction of sp³-hybridized carbons (Fsp3) is 0.121. The molecule has 0 aliphatic heterocycles. The number of anilines is 1. The average Bonchev–Trinajstić information content (AvgIpc) is 4.14. The van der Waals surface area contributed by atoms with Crippen molar-refractivity contribution in [3.8, 4) is 44.9 Å². The first kappa shape index (κ1) is 48.3. The summed E-state index contributed by atoms with van der Waals surface area (Å²) in [4.78, 5) is 57.7. The van der Waals surface area contributed by atoms with Crippen LogP contribution in [0.5, 0.6) is 0 Å². The van der Waals surface area contributed by atoms with Gasteiger partial charge in [-0.1, -0.05) is 67.1 Å². The van der Waals surface area contributed by atoms with Crippen LogP contribution < -0.4 is 21.3 Å². The molecular formula is C58H47F2N5O6S. The van der Waals surface area contributed by atoms with Gasteiger partial charge in [0.05, 0.1) is 16.8 Å². The van der Waals surface area contributed by atoms with Crippen molar-refractivity contribution in [3.63, 3.8) is 0 Å². The number of aromatic nitrogens is 1. The molecule has 9 aromatic rings. The van der Waals surface area contributed by atoms with Crippen molar-refractivity contribution in [3.05, 3.63) is 202 Å². The molecule has 0 bridgehead atoms. The molecule has 3 aromatic heterocycles. The second-order valence-corrected chi connectivity index (χ2v) is 17.7. The Morgan fingerprint density at radius 3 is 1.62 bits per heavy atom. The van der Waals surface area contributed by atoms with Gasteiger partial charge in [-0.3, -0.25) is 24.5 Å². The van der Waals surface area contributed by atoms with Crippen molar-refractivity contribution in [2.24, 2.45) is 0 Å². The van der Waals surface area contributed by atoms with Crippen LogP contribution in [-0.4, -0.2) is 49.3 Å². The summed E-state index contributed by atoms with van der Waals surface area (Å²) >= 11 is 1.35. The summed E-state index contributed by atoms with van der Waals surface area (Å²) in [6.07, 6.45) is 8.13. The molecule has 0 aliphatic carbocycles. The fourth-order valence-corrected chi connectivity index (χ4v) is 9.06. The summed E-state index contributed by atoms with van der Waals surface area (Å²) in [5.74, 6) is -1.34. The quantitative estimate of drug-likeness (QED) is 0.0703. The van der Waals surface area contributed by atoms with E-state index in [9.17, 15) is 28.0 Å². The third-order valence-electron chi connectivity index (χ3n) is 12.2. The normalized spacial score (nSPS) is 11.6. The first-order valence-corrected chi connectivity index (χ1v) is 24.1. The minimum atomic E-state index is -0.396. The number of hydrogen-bond acceptors (Lipinski definition) is 8. The molecule has 0 aliphatic rings. The highest BCUT2D eigenvalue weighted by Gasteiger charge is 2.24. The summed E-state index contributed by atoms with van der Waals surface area (Å²) in [5.41, 5.74) is 8.71. The number of hydrogen-bond donors (Lipinski definition) is 4. The van der Waals surface area contributed by atoms with E-state index in [1.54, 1.807) is 67.7 Å². The monoisotopic (exact) mass is 979 g/mol. The van der Waals surface area contributed by atoms with Crippen molar-refractivity contribution in [1.82, 2.24) is 20.9 Å². The van der Waals surface area contributed by atoms with E-state index < -0.39 is 11.6 Å². The number of allylic oxidation sites excluding steroid dienone is 3. The molecular weight excluding hydrogens is 933 g/mol. The lowest BCUT2D eigenvalue weighted by Crippen LogP contribution is -2.25. The van der Waals surface area contributed by atoms with Crippen LogP contribution in [0.3, 0.4) is 0 Å². The Hall–Kier alpha value is -8.75. The van der Waals surface area contributed by atoms with Gasteiger partial charge in [0.1, 0.15) is 34.3 Å². The first-order valence-electron chi connectivity index (χ1n) is 23.2. The van der Waals surface area contributed by atoms with E-state index in [2.05, 4.69) is 26.3 Å². The molecule has 4 N–H and O–H groups in total. The third-order valence-corrected chi connectivity index (χ3v) is 13.0. The van der Waals surface area contributed by atoms with Crippen molar-refractivity contribution < 1.29 is 36.8 Å². The molecule has 3 heterocycles. The third kappa shape index (κ3) is 10.5. The van der Waals surface area contributed by atoms with E-state index in [0.29, 0.717) is 91.4 Å². The van der Waals surface area contributed by atoms with E-state index in [-0.39, 0.29) is 23.6 Å². The summed E-state index contributed by atoms with van der Waals surface area (Å²) in [7, 11) is 3.08. The van der Waals surface area contributed by atoms with Gasteiger partial charge in [-0.15, -0.1) is 11.3 Å². The lowest BCUT2D eigenvalue weighted by atomic mass is 9.99. The SMILES string of the molecule is CCC(=CC=CCCc1csc(NC(=O)c2cccc(-c3ccc4oc(-c5ccc(F)cc5)c(C(=O)NC)c4c3)c2)n1)CNC(=O)c1cccc(-c2ccc3oc(-c4ccc(F)cc4)c(C(=O)NC)c3c2)c1. The van der Waals surface area contributed by atoms with Crippen molar-refractivity contribution >= 4 is 62.0 Å². The number of nitrogens with zero attached hydrogens (tertiary/aromatic N) is 1. The molecule has 360 valence electrons. The van der Waals surface area contributed by atoms with Gasteiger partial charge in [-0.05, 0) is 139 Å². The van der Waals surface area contributed by atoms with E-state index >= 15 is 0 Å². The molecule has 14 heteroatoms. The standard InChI is InChI=1S/C58H47F2N5O6S/c1-4-34(32-63-54(66)41-13-8-11-37(28-41)39-20-26-48-46(30-39)50(56(68)61-2)52(70-48)35-16-22-43(59)23-17-35)10-6-5-7-15-45-33-72-58(64-45)65-55(67)42-14-9-12-38(29-42)40-21-27-49-47(31-40)51(57(69)62-3)53(71-49)36-18-24-44(60)25-19-36/h5-6,8-14,16-31,33H,4,7,15,32H2,1-3H3,(H,61,68)(H,62,69)(H,63,66)(H,64,65,67). The van der Waals surface area contributed by atoms with E-state index in [1.165, 1.54) is 42.6 Å². The van der Waals surface area contributed by atoms with Crippen LogP contribution in [0.2, 0.25) is 0 Å². The molecule has 72 heavy (non-hydrogen) atoms. The summed E-state index contributed by atoms with van der Waals surface area (Å²) in [6, 6.07) is 37.0. The van der Waals surface area contributed by atoms with Crippen LogP contribution in [0.4, 0.5) is 13.9 Å². The van der Waals surface area contributed by atoms with Crippen LogP contribution >= 0.6 is 11.3 Å². The average molecular weight is 980 g/mol. The Bertz CT molecular complexity index is 3570. The number of rotatable bonds is 16. The highest BCUT2D eigenvalue weighted by Crippen LogP contribution is 2.38. The maximum Gasteiger partial charge on any atom is 0.257 e. The van der Waals surface area contributed by atoms with Gasteiger partial charge in [0.25, 0.3) is 23.6 Å². The molecule has 0 spiro atoms. The van der Waals surface area contributed by atoms with Gasteiger partial charge in [0.2, 0.25) is 0 Å². The molecule has 0 fully saturated rings. The number of furan rings is 2. The number of carbonyl (C=O) groups is 4. The summed E-state index contributed by atoms with van der Waals surface area (Å²) in [5, 5.41) is 14.9. The molecule has 0 radical (unpaired) electrons. The predicted octanol–water partition coefficient (Wildman–Crippen LogP) is 12.8. The second-order valence-electron chi connectivity index (χ2n) is 16.8. The Morgan fingerprint density at radius 1 is 0.611 bits per heavy atom. The molecule has 9 rings (SSSR count). The Kier molecular flexibility index (Phi) is 14.4. The van der Waals surface area contributed by atoms with Gasteiger partial charge >= 0.3 is 0 Å². The van der Waals surface area contributed by atoms with E-state index in [0.717, 1.165) is 39.9 Å². The Balaban J connectivity index is 0.789. The summed E-state index contributed by atoms with van der Waals surface area (Å²) in [6.45, 7) is 2.40. The van der Waals surface area contributed by atoms with Crippen LogP contribution in [-0.2, 0) is 6.42 Å². The van der Waals surface area contributed by atoms with Gasteiger partial charge in [0.15, 0.2) is 5.13 Å². The fourth-order valence-electron chi connectivity index (χ4n) is 8.32. The van der Waals surface area contributed by atoms with Crippen molar-refractivity contribution in [1.29, 1.82) is 0 Å². The van der Waals surface area contributed by atoms with E-state index in [1.807, 2.05) is 79.1 Å². The lowest BCUT2D eigenvalue weighted by molar-refractivity contribution is 0.0950. The van der Waals surface area contributed by atoms with Crippen LogP contribution in [0.15, 0.2) is 171 Å². The van der Waals surface area contributed by atoms with Crippen molar-refractivity contribution in [2.45, 2.75) is 26.2 Å². The highest BCUT2D eigenvalue weighted by molar-refractivity contribution is 7.14. The number of nitrogens with one attached hydrogen (secondary N) is 4. The molecule has 6 aromatic carbocycles. The molecule has 0 saturated heterocycles. The van der Waals surface area contributed by atoms with Gasteiger partial charge in [0, 0.05) is 59.0 Å². The number of amides is 4. The Morgan fingerprint density at radius 2 is 1.11 bits per heavy atom. The smallest absolute Gasteiger partial charge is 0.257 e.